The lowest BCUT2D eigenvalue weighted by atomic mass is 10.2. The normalized spacial score (nSPS) is 10.9. The average Bonchev–Trinajstić information content (AvgIpc) is 3.12. The Morgan fingerprint density at radius 3 is 2.41 bits per heavy atom. The molecule has 0 saturated carbocycles. The number of thioether (sulfide) groups is 1. The van der Waals surface area contributed by atoms with Crippen LogP contribution in [0, 0.1) is 5.82 Å². The van der Waals surface area contributed by atoms with E-state index in [0.29, 0.717) is 11.4 Å². The molecule has 0 unspecified atom stereocenters. The van der Waals surface area contributed by atoms with E-state index < -0.39 is 0 Å². The molecule has 6 heteroatoms. The van der Waals surface area contributed by atoms with Crippen molar-refractivity contribution < 1.29 is 4.39 Å². The lowest BCUT2D eigenvalue weighted by Crippen LogP contribution is -2.00. The third kappa shape index (κ3) is 3.85. The fourth-order valence-corrected chi connectivity index (χ4v) is 3.67. The van der Waals surface area contributed by atoms with Gasteiger partial charge in [-0.1, -0.05) is 54.2 Å². The third-order valence-corrected chi connectivity index (χ3v) is 5.07. The van der Waals surface area contributed by atoms with Crippen LogP contribution in [0.3, 0.4) is 0 Å². The van der Waals surface area contributed by atoms with Gasteiger partial charge in [0.2, 0.25) is 0 Å². The number of nitrogens with two attached hydrogens (primary N) is 1. The second-order valence-electron chi connectivity index (χ2n) is 6.02. The number of halogens is 1. The Morgan fingerprint density at radius 1 is 0.889 bits per heavy atom. The molecule has 3 aromatic carbocycles. The number of aromatic nitrogens is 3. The minimum absolute atomic E-state index is 0.236. The van der Waals surface area contributed by atoms with Crippen molar-refractivity contribution >= 4 is 17.4 Å². The minimum Gasteiger partial charge on any atom is -0.399 e. The highest BCUT2D eigenvalue weighted by Crippen LogP contribution is 2.30. The summed E-state index contributed by atoms with van der Waals surface area (Å²) in [6.07, 6.45) is 0. The van der Waals surface area contributed by atoms with E-state index in [2.05, 4.69) is 10.2 Å². The van der Waals surface area contributed by atoms with Crippen LogP contribution in [0.25, 0.3) is 17.1 Å². The summed E-state index contributed by atoms with van der Waals surface area (Å²) in [5, 5.41) is 9.57. The number of benzene rings is 3. The molecular weight excluding hydrogens is 359 g/mol. The Morgan fingerprint density at radius 2 is 1.67 bits per heavy atom. The Labute approximate surface area is 160 Å². The first kappa shape index (κ1) is 17.3. The molecule has 0 spiro atoms. The summed E-state index contributed by atoms with van der Waals surface area (Å²) in [6, 6.07) is 24.1. The van der Waals surface area contributed by atoms with Crippen molar-refractivity contribution in [1.29, 1.82) is 0 Å². The molecule has 0 saturated heterocycles. The largest absolute Gasteiger partial charge is 0.399 e. The van der Waals surface area contributed by atoms with E-state index in [0.717, 1.165) is 27.8 Å². The van der Waals surface area contributed by atoms with Gasteiger partial charge in [-0.3, -0.25) is 4.57 Å². The summed E-state index contributed by atoms with van der Waals surface area (Å²) in [5.74, 6) is 1.16. The first-order valence-electron chi connectivity index (χ1n) is 8.45. The van der Waals surface area contributed by atoms with E-state index in [4.69, 9.17) is 5.73 Å². The summed E-state index contributed by atoms with van der Waals surface area (Å²) in [5.41, 5.74) is 9.52. The van der Waals surface area contributed by atoms with Gasteiger partial charge in [0.1, 0.15) is 5.82 Å². The van der Waals surface area contributed by atoms with Crippen molar-refractivity contribution in [2.45, 2.75) is 10.9 Å². The van der Waals surface area contributed by atoms with Gasteiger partial charge in [-0.05, 0) is 42.0 Å². The predicted octanol–water partition coefficient (Wildman–Crippen LogP) is 4.95. The fraction of sp³-hybridized carbons (Fsp3) is 0.0476. The van der Waals surface area contributed by atoms with Crippen LogP contribution in [0.1, 0.15) is 5.56 Å². The number of para-hydroxylation sites is 1. The van der Waals surface area contributed by atoms with Crippen molar-refractivity contribution in [2.24, 2.45) is 0 Å². The smallest absolute Gasteiger partial charge is 0.196 e. The quantitative estimate of drug-likeness (QED) is 0.396. The third-order valence-electron chi connectivity index (χ3n) is 4.07. The van der Waals surface area contributed by atoms with Crippen LogP contribution < -0.4 is 5.73 Å². The summed E-state index contributed by atoms with van der Waals surface area (Å²) in [7, 11) is 0. The van der Waals surface area contributed by atoms with Crippen LogP contribution in [0.4, 0.5) is 10.1 Å². The number of nitrogen functional groups attached to an aromatic ring is 1. The van der Waals surface area contributed by atoms with E-state index in [1.807, 2.05) is 59.2 Å². The maximum atomic E-state index is 13.1. The predicted molar refractivity (Wildman–Crippen MR) is 107 cm³/mol. The van der Waals surface area contributed by atoms with E-state index in [1.165, 1.54) is 12.1 Å². The number of anilines is 1. The van der Waals surface area contributed by atoms with Crippen molar-refractivity contribution in [3.05, 3.63) is 90.2 Å². The summed E-state index contributed by atoms with van der Waals surface area (Å²) in [4.78, 5) is 0. The van der Waals surface area contributed by atoms with Crippen LogP contribution in [-0.4, -0.2) is 14.8 Å². The molecule has 4 nitrogen and oxygen atoms in total. The van der Waals surface area contributed by atoms with Crippen molar-refractivity contribution in [3.63, 3.8) is 0 Å². The lowest BCUT2D eigenvalue weighted by molar-refractivity contribution is 0.627. The van der Waals surface area contributed by atoms with Crippen LogP contribution in [0.15, 0.2) is 84.0 Å². The summed E-state index contributed by atoms with van der Waals surface area (Å²) in [6.45, 7) is 0. The molecule has 1 heterocycles. The summed E-state index contributed by atoms with van der Waals surface area (Å²) >= 11 is 1.56. The zero-order valence-electron chi connectivity index (χ0n) is 14.4. The molecule has 0 aliphatic carbocycles. The SMILES string of the molecule is Nc1cccc(-c2nnc(SCc3ccc(F)cc3)n2-c2ccccc2)c1. The maximum absolute atomic E-state index is 13.1. The maximum Gasteiger partial charge on any atom is 0.196 e. The van der Waals surface area contributed by atoms with Gasteiger partial charge in [-0.2, -0.15) is 0 Å². The second-order valence-corrected chi connectivity index (χ2v) is 6.96. The Balaban J connectivity index is 1.72. The zero-order valence-corrected chi connectivity index (χ0v) is 15.2. The zero-order chi connectivity index (χ0) is 18.6. The number of nitrogens with zero attached hydrogens (tertiary/aromatic N) is 3. The van der Waals surface area contributed by atoms with Gasteiger partial charge in [-0.15, -0.1) is 10.2 Å². The Hall–Kier alpha value is -3.12. The van der Waals surface area contributed by atoms with Crippen LogP contribution in [-0.2, 0) is 5.75 Å². The van der Waals surface area contributed by atoms with Gasteiger partial charge in [0, 0.05) is 22.7 Å². The number of hydrogen-bond donors (Lipinski definition) is 1. The van der Waals surface area contributed by atoms with Crippen molar-refractivity contribution in [1.82, 2.24) is 14.8 Å². The molecule has 0 amide bonds. The molecule has 0 bridgehead atoms. The molecule has 134 valence electrons. The van der Waals surface area contributed by atoms with E-state index in [-0.39, 0.29) is 5.82 Å². The topological polar surface area (TPSA) is 56.7 Å². The molecule has 27 heavy (non-hydrogen) atoms. The van der Waals surface area contributed by atoms with Gasteiger partial charge in [0.15, 0.2) is 11.0 Å². The van der Waals surface area contributed by atoms with Gasteiger partial charge >= 0.3 is 0 Å². The molecular formula is C21H17FN4S. The Kier molecular flexibility index (Phi) is 4.89. The van der Waals surface area contributed by atoms with Gasteiger partial charge in [0.05, 0.1) is 0 Å². The van der Waals surface area contributed by atoms with Gasteiger partial charge in [0.25, 0.3) is 0 Å². The van der Waals surface area contributed by atoms with Gasteiger partial charge < -0.3 is 5.73 Å². The molecule has 0 atom stereocenters. The molecule has 4 rings (SSSR count). The highest BCUT2D eigenvalue weighted by Gasteiger charge is 2.16. The van der Waals surface area contributed by atoms with Crippen LogP contribution in [0.5, 0.6) is 0 Å². The van der Waals surface area contributed by atoms with Crippen LogP contribution >= 0.6 is 11.8 Å². The van der Waals surface area contributed by atoms with E-state index in [9.17, 15) is 4.39 Å². The minimum atomic E-state index is -0.236. The monoisotopic (exact) mass is 376 g/mol. The molecule has 4 aromatic rings. The van der Waals surface area contributed by atoms with E-state index in [1.54, 1.807) is 23.9 Å². The highest BCUT2D eigenvalue weighted by atomic mass is 32.2. The van der Waals surface area contributed by atoms with Crippen LogP contribution in [0.2, 0.25) is 0 Å². The van der Waals surface area contributed by atoms with Crippen molar-refractivity contribution in [2.75, 3.05) is 5.73 Å². The molecule has 0 aliphatic rings. The summed E-state index contributed by atoms with van der Waals surface area (Å²) < 4.78 is 15.1. The molecule has 2 N–H and O–H groups in total. The fourth-order valence-electron chi connectivity index (χ4n) is 2.77. The second kappa shape index (κ2) is 7.63. The standard InChI is InChI=1S/C21H17FN4S/c22-17-11-9-15(10-12-17)14-27-21-25-24-20(16-5-4-6-18(23)13-16)26(21)19-7-2-1-3-8-19/h1-13H,14,23H2. The average molecular weight is 376 g/mol. The van der Waals surface area contributed by atoms with E-state index >= 15 is 0 Å². The molecule has 1 aromatic heterocycles. The molecule has 0 aliphatic heterocycles. The van der Waals surface area contributed by atoms with Gasteiger partial charge in [-0.25, -0.2) is 4.39 Å². The first-order chi connectivity index (χ1) is 13.2. The number of rotatable bonds is 5. The van der Waals surface area contributed by atoms with Crippen molar-refractivity contribution in [3.8, 4) is 17.1 Å². The lowest BCUT2D eigenvalue weighted by Gasteiger charge is -2.10. The Bertz CT molecular complexity index is 1050. The molecule has 0 fully saturated rings. The first-order valence-corrected chi connectivity index (χ1v) is 9.43. The number of hydrogen-bond acceptors (Lipinski definition) is 4. The molecule has 0 radical (unpaired) electrons. The highest BCUT2D eigenvalue weighted by molar-refractivity contribution is 7.98.